The normalized spacial score (nSPS) is 10.7. The van der Waals surface area contributed by atoms with Gasteiger partial charge in [0.2, 0.25) is 0 Å². The van der Waals surface area contributed by atoms with Gasteiger partial charge in [0.05, 0.1) is 52.8 Å². The predicted octanol–water partition coefficient (Wildman–Crippen LogP) is 5.96. The quantitative estimate of drug-likeness (QED) is 0.286. The summed E-state index contributed by atoms with van der Waals surface area (Å²) in [5.41, 5.74) is 4.09. The highest BCUT2D eigenvalue weighted by atomic mass is 35.5. The zero-order valence-corrected chi connectivity index (χ0v) is 21.1. The van der Waals surface area contributed by atoms with Crippen LogP contribution in [0.25, 0.3) is 22.5 Å². The number of benzene rings is 3. The van der Waals surface area contributed by atoms with Gasteiger partial charge in [-0.05, 0) is 54.1 Å². The highest BCUT2D eigenvalue weighted by Crippen LogP contribution is 2.41. The lowest BCUT2D eigenvalue weighted by molar-refractivity contribution is 0.355. The average molecular weight is 495 g/mol. The van der Waals surface area contributed by atoms with Gasteiger partial charge in [-0.2, -0.15) is 5.10 Å². The summed E-state index contributed by atoms with van der Waals surface area (Å²) in [5.74, 6) is 3.25. The lowest BCUT2D eigenvalue weighted by Crippen LogP contribution is -2.04. The maximum absolute atomic E-state index is 7.00. The predicted molar refractivity (Wildman–Crippen MR) is 136 cm³/mol. The summed E-state index contributed by atoms with van der Waals surface area (Å²) in [6.45, 7) is 0.501. The van der Waals surface area contributed by atoms with Gasteiger partial charge in [-0.3, -0.25) is 4.68 Å². The monoisotopic (exact) mass is 494 g/mol. The highest BCUT2D eigenvalue weighted by molar-refractivity contribution is 6.35. The summed E-state index contributed by atoms with van der Waals surface area (Å²) in [7, 11) is 8.05. The third-order valence-electron chi connectivity index (χ3n) is 5.70. The second kappa shape index (κ2) is 10.6. The van der Waals surface area contributed by atoms with Gasteiger partial charge < -0.3 is 23.7 Å². The van der Waals surface area contributed by atoms with Crippen molar-refractivity contribution in [3.63, 3.8) is 0 Å². The SMILES string of the molecule is COc1ccc(Cn2nc(-c3ccc(OC)c(OC)c3)c(Cl)c2-c2ccc(OC)c(OC)c2)cc1. The number of rotatable bonds is 9. The summed E-state index contributed by atoms with van der Waals surface area (Å²) in [5, 5.41) is 5.42. The molecule has 35 heavy (non-hydrogen) atoms. The molecule has 0 saturated heterocycles. The molecule has 0 fully saturated rings. The molecule has 0 N–H and O–H groups in total. The molecule has 0 bridgehead atoms. The van der Waals surface area contributed by atoms with Crippen molar-refractivity contribution in [2.75, 3.05) is 35.5 Å². The molecule has 8 heteroatoms. The Morgan fingerprint density at radius 1 is 0.657 bits per heavy atom. The van der Waals surface area contributed by atoms with E-state index in [0.717, 1.165) is 28.1 Å². The number of hydrogen-bond donors (Lipinski definition) is 0. The molecule has 0 amide bonds. The van der Waals surface area contributed by atoms with Crippen LogP contribution in [0.2, 0.25) is 5.02 Å². The van der Waals surface area contributed by atoms with E-state index in [0.29, 0.717) is 40.3 Å². The van der Waals surface area contributed by atoms with Gasteiger partial charge in [-0.25, -0.2) is 0 Å². The van der Waals surface area contributed by atoms with Crippen LogP contribution in [0.1, 0.15) is 5.56 Å². The summed E-state index contributed by atoms with van der Waals surface area (Å²) in [6.07, 6.45) is 0. The Morgan fingerprint density at radius 2 is 1.20 bits per heavy atom. The van der Waals surface area contributed by atoms with Crippen molar-refractivity contribution in [3.05, 3.63) is 71.2 Å². The maximum Gasteiger partial charge on any atom is 0.161 e. The first-order valence-electron chi connectivity index (χ1n) is 10.9. The van der Waals surface area contributed by atoms with Crippen LogP contribution >= 0.6 is 11.6 Å². The van der Waals surface area contributed by atoms with Crippen molar-refractivity contribution in [2.24, 2.45) is 0 Å². The van der Waals surface area contributed by atoms with Gasteiger partial charge in [0, 0.05) is 11.1 Å². The van der Waals surface area contributed by atoms with Gasteiger partial charge in [-0.15, -0.1) is 0 Å². The topological polar surface area (TPSA) is 64.0 Å². The standard InChI is InChI=1S/C27H27ClN2O5/c1-31-20-10-6-17(7-11-20)16-30-27(19-9-13-22(33-3)24(15-19)35-5)25(28)26(29-30)18-8-12-21(32-2)23(14-18)34-4/h6-15H,16H2,1-5H3. The molecule has 3 aromatic carbocycles. The number of hydrogen-bond acceptors (Lipinski definition) is 6. The Bertz CT molecular complexity index is 1320. The summed E-state index contributed by atoms with van der Waals surface area (Å²) in [4.78, 5) is 0. The second-order valence-electron chi connectivity index (χ2n) is 7.66. The molecular formula is C27H27ClN2O5. The molecule has 0 aliphatic heterocycles. The molecular weight excluding hydrogens is 468 g/mol. The van der Waals surface area contributed by atoms with E-state index >= 15 is 0 Å². The fraction of sp³-hybridized carbons (Fsp3) is 0.222. The van der Waals surface area contributed by atoms with E-state index in [1.165, 1.54) is 0 Å². The Kier molecular flexibility index (Phi) is 7.36. The Balaban J connectivity index is 1.87. The third-order valence-corrected chi connectivity index (χ3v) is 6.06. The number of ether oxygens (including phenoxy) is 5. The van der Waals surface area contributed by atoms with Crippen LogP contribution in [-0.4, -0.2) is 45.3 Å². The largest absolute Gasteiger partial charge is 0.497 e. The zero-order chi connectivity index (χ0) is 24.9. The van der Waals surface area contributed by atoms with Gasteiger partial charge in [0.1, 0.15) is 11.4 Å². The smallest absolute Gasteiger partial charge is 0.161 e. The van der Waals surface area contributed by atoms with E-state index in [4.69, 9.17) is 40.4 Å². The van der Waals surface area contributed by atoms with Gasteiger partial charge in [-0.1, -0.05) is 23.7 Å². The molecule has 4 rings (SSSR count). The minimum absolute atomic E-state index is 0.501. The lowest BCUT2D eigenvalue weighted by Gasteiger charge is -2.12. The Hall–Kier alpha value is -3.84. The third kappa shape index (κ3) is 4.86. The van der Waals surface area contributed by atoms with Crippen molar-refractivity contribution < 1.29 is 23.7 Å². The Labute approximate surface area is 209 Å². The number of nitrogens with zero attached hydrogens (tertiary/aromatic N) is 2. The molecule has 0 atom stereocenters. The highest BCUT2D eigenvalue weighted by Gasteiger charge is 2.22. The molecule has 182 valence electrons. The van der Waals surface area contributed by atoms with Crippen LogP contribution < -0.4 is 23.7 Å². The van der Waals surface area contributed by atoms with Gasteiger partial charge in [0.15, 0.2) is 23.0 Å². The Morgan fingerprint density at radius 3 is 1.74 bits per heavy atom. The molecule has 7 nitrogen and oxygen atoms in total. The molecule has 0 radical (unpaired) electrons. The van der Waals surface area contributed by atoms with Gasteiger partial charge in [0.25, 0.3) is 0 Å². The van der Waals surface area contributed by atoms with E-state index in [9.17, 15) is 0 Å². The van der Waals surface area contributed by atoms with Crippen molar-refractivity contribution in [3.8, 4) is 51.3 Å². The van der Waals surface area contributed by atoms with E-state index in [1.54, 1.807) is 35.5 Å². The minimum Gasteiger partial charge on any atom is -0.497 e. The molecule has 0 unspecified atom stereocenters. The lowest BCUT2D eigenvalue weighted by atomic mass is 10.1. The summed E-state index contributed by atoms with van der Waals surface area (Å²) < 4.78 is 29.0. The fourth-order valence-electron chi connectivity index (χ4n) is 3.89. The first-order valence-corrected chi connectivity index (χ1v) is 11.2. The number of methoxy groups -OCH3 is 5. The van der Waals surface area contributed by atoms with Crippen LogP contribution in [0.15, 0.2) is 60.7 Å². The second-order valence-corrected chi connectivity index (χ2v) is 8.03. The van der Waals surface area contributed by atoms with E-state index in [1.807, 2.05) is 65.3 Å². The van der Waals surface area contributed by atoms with Gasteiger partial charge >= 0.3 is 0 Å². The number of halogens is 1. The van der Waals surface area contributed by atoms with Crippen LogP contribution in [0.4, 0.5) is 0 Å². The maximum atomic E-state index is 7.00. The van der Waals surface area contributed by atoms with Crippen molar-refractivity contribution >= 4 is 11.6 Å². The molecule has 4 aromatic rings. The first-order chi connectivity index (χ1) is 17.0. The van der Waals surface area contributed by atoms with E-state index < -0.39 is 0 Å². The summed E-state index contributed by atoms with van der Waals surface area (Å²) >= 11 is 7.00. The van der Waals surface area contributed by atoms with Crippen LogP contribution in [0.3, 0.4) is 0 Å². The summed E-state index contributed by atoms with van der Waals surface area (Å²) in [6, 6.07) is 19.1. The van der Waals surface area contributed by atoms with Crippen LogP contribution in [0, 0.1) is 0 Å². The van der Waals surface area contributed by atoms with Crippen molar-refractivity contribution in [2.45, 2.75) is 6.54 Å². The fourth-order valence-corrected chi connectivity index (χ4v) is 4.24. The molecule has 0 aliphatic carbocycles. The van der Waals surface area contributed by atoms with Crippen molar-refractivity contribution in [1.29, 1.82) is 0 Å². The van der Waals surface area contributed by atoms with Crippen LogP contribution in [0.5, 0.6) is 28.7 Å². The molecule has 0 aliphatic rings. The molecule has 0 spiro atoms. The van der Waals surface area contributed by atoms with Crippen molar-refractivity contribution in [1.82, 2.24) is 9.78 Å². The first kappa shape index (κ1) is 24.3. The molecule has 1 heterocycles. The minimum atomic E-state index is 0.501. The zero-order valence-electron chi connectivity index (χ0n) is 20.3. The van der Waals surface area contributed by atoms with E-state index in [2.05, 4.69) is 0 Å². The van der Waals surface area contributed by atoms with E-state index in [-0.39, 0.29) is 0 Å². The molecule has 0 saturated carbocycles. The average Bonchev–Trinajstić information content (AvgIpc) is 3.23. The van der Waals surface area contributed by atoms with Crippen LogP contribution in [-0.2, 0) is 6.54 Å². The number of aromatic nitrogens is 2. The molecule has 1 aromatic heterocycles.